The second-order valence-electron chi connectivity index (χ2n) is 4.24. The van der Waals surface area contributed by atoms with Crippen LogP contribution in [0.5, 0.6) is 0 Å². The molecule has 1 unspecified atom stereocenters. The molecule has 1 amide bonds. The van der Waals surface area contributed by atoms with Gasteiger partial charge in [-0.25, -0.2) is 0 Å². The second kappa shape index (κ2) is 5.92. The molecule has 0 saturated carbocycles. The first kappa shape index (κ1) is 14.6. The van der Waals surface area contributed by atoms with Crippen molar-refractivity contribution in [2.45, 2.75) is 32.2 Å². The number of amides is 1. The maximum absolute atomic E-state index is 11.9. The summed E-state index contributed by atoms with van der Waals surface area (Å²) < 4.78 is 0. The molecular formula is C11H16N2O4S. The van der Waals surface area contributed by atoms with Gasteiger partial charge in [-0.1, -0.05) is 18.3 Å². The van der Waals surface area contributed by atoms with E-state index in [1.54, 1.807) is 0 Å². The van der Waals surface area contributed by atoms with Crippen LogP contribution in [0.15, 0.2) is 12.1 Å². The van der Waals surface area contributed by atoms with Crippen LogP contribution < -0.4 is 5.32 Å². The molecule has 0 aliphatic heterocycles. The number of aliphatic hydroxyl groups is 1. The van der Waals surface area contributed by atoms with Crippen molar-refractivity contribution >= 4 is 22.2 Å². The lowest BCUT2D eigenvalue weighted by Gasteiger charge is -2.28. The minimum atomic E-state index is -0.520. The van der Waals surface area contributed by atoms with E-state index in [2.05, 4.69) is 5.32 Å². The summed E-state index contributed by atoms with van der Waals surface area (Å²) in [6, 6.07) is 2.75. The molecule has 100 valence electrons. The van der Waals surface area contributed by atoms with Crippen LogP contribution in [-0.2, 0) is 0 Å². The van der Waals surface area contributed by atoms with Gasteiger partial charge < -0.3 is 10.4 Å². The molecule has 2 N–H and O–H groups in total. The summed E-state index contributed by atoms with van der Waals surface area (Å²) in [6.45, 7) is 3.73. The van der Waals surface area contributed by atoms with Crippen molar-refractivity contribution in [1.82, 2.24) is 5.32 Å². The number of carbonyl (C=O) groups is 1. The summed E-state index contributed by atoms with van der Waals surface area (Å²) >= 11 is 0.845. The first-order valence-electron chi connectivity index (χ1n) is 5.59. The molecule has 1 aromatic rings. The lowest BCUT2D eigenvalue weighted by molar-refractivity contribution is -0.380. The molecule has 1 aromatic heterocycles. The molecule has 0 bridgehead atoms. The van der Waals surface area contributed by atoms with E-state index in [1.807, 2.05) is 13.8 Å². The number of hydrogen-bond donors (Lipinski definition) is 2. The smallest absolute Gasteiger partial charge is 0.324 e. The highest BCUT2D eigenvalue weighted by Gasteiger charge is 2.25. The number of hydrogen-bond acceptors (Lipinski definition) is 5. The van der Waals surface area contributed by atoms with Crippen LogP contribution >= 0.6 is 11.3 Å². The predicted octanol–water partition coefficient (Wildman–Crippen LogP) is 1.94. The largest absolute Gasteiger partial charge is 0.396 e. The number of nitrogens with one attached hydrogen (secondary N) is 1. The fourth-order valence-electron chi connectivity index (χ4n) is 1.46. The highest BCUT2D eigenvalue weighted by atomic mass is 32.1. The van der Waals surface area contributed by atoms with Crippen molar-refractivity contribution in [3.05, 3.63) is 27.1 Å². The van der Waals surface area contributed by atoms with Gasteiger partial charge in [0.15, 0.2) is 0 Å². The SMILES string of the molecule is CCC(C)(CCO)NC(=O)c1ccc([N+](=O)[O-])s1. The van der Waals surface area contributed by atoms with E-state index in [-0.39, 0.29) is 17.5 Å². The molecule has 1 heterocycles. The van der Waals surface area contributed by atoms with Crippen LogP contribution in [0.3, 0.4) is 0 Å². The molecule has 0 aliphatic carbocycles. The van der Waals surface area contributed by atoms with E-state index in [4.69, 9.17) is 5.11 Å². The Bertz CT molecular complexity index is 446. The van der Waals surface area contributed by atoms with Crippen LogP contribution in [0.25, 0.3) is 0 Å². The van der Waals surface area contributed by atoms with E-state index in [0.29, 0.717) is 17.7 Å². The molecule has 0 radical (unpaired) electrons. The standard InChI is InChI=1S/C11H16N2O4S/c1-3-11(2,6-7-14)12-10(15)8-4-5-9(18-8)13(16)17/h4-5,14H,3,6-7H2,1-2H3,(H,12,15). The molecule has 1 rings (SSSR count). The fraction of sp³-hybridized carbons (Fsp3) is 0.545. The van der Waals surface area contributed by atoms with Crippen LogP contribution in [0.4, 0.5) is 5.00 Å². The molecule has 18 heavy (non-hydrogen) atoms. The summed E-state index contributed by atoms with van der Waals surface area (Å²) in [5.41, 5.74) is -0.495. The van der Waals surface area contributed by atoms with Gasteiger partial charge in [-0.15, -0.1) is 0 Å². The molecule has 0 spiro atoms. The van der Waals surface area contributed by atoms with Gasteiger partial charge in [0, 0.05) is 18.2 Å². The predicted molar refractivity (Wildman–Crippen MR) is 68.8 cm³/mol. The van der Waals surface area contributed by atoms with E-state index in [0.717, 1.165) is 11.3 Å². The van der Waals surface area contributed by atoms with Crippen LogP contribution in [-0.4, -0.2) is 28.1 Å². The van der Waals surface area contributed by atoms with Gasteiger partial charge in [0.2, 0.25) is 0 Å². The highest BCUT2D eigenvalue weighted by molar-refractivity contribution is 7.17. The van der Waals surface area contributed by atoms with Gasteiger partial charge in [-0.3, -0.25) is 14.9 Å². The Morgan fingerprint density at radius 1 is 1.61 bits per heavy atom. The van der Waals surface area contributed by atoms with E-state index < -0.39 is 10.5 Å². The van der Waals surface area contributed by atoms with Gasteiger partial charge in [0.25, 0.3) is 5.91 Å². The van der Waals surface area contributed by atoms with Crippen LogP contribution in [0, 0.1) is 10.1 Å². The second-order valence-corrected chi connectivity index (χ2v) is 5.30. The summed E-state index contributed by atoms with van der Waals surface area (Å²) in [5, 5.41) is 22.2. The summed E-state index contributed by atoms with van der Waals surface area (Å²) in [5.74, 6) is -0.342. The van der Waals surface area contributed by atoms with Gasteiger partial charge >= 0.3 is 5.00 Å². The third-order valence-electron chi connectivity index (χ3n) is 2.85. The minimum Gasteiger partial charge on any atom is -0.396 e. The first-order chi connectivity index (χ1) is 8.41. The summed E-state index contributed by atoms with van der Waals surface area (Å²) in [4.78, 5) is 22.2. The molecule has 6 nitrogen and oxygen atoms in total. The van der Waals surface area contributed by atoms with Gasteiger partial charge in [0.05, 0.1) is 9.80 Å². The average molecular weight is 272 g/mol. The summed E-state index contributed by atoms with van der Waals surface area (Å²) in [6.07, 6.45) is 1.12. The number of aliphatic hydroxyl groups excluding tert-OH is 1. The van der Waals surface area contributed by atoms with Crippen molar-refractivity contribution in [2.75, 3.05) is 6.61 Å². The number of nitro groups is 1. The molecule has 1 atom stereocenters. The lowest BCUT2D eigenvalue weighted by atomic mass is 9.95. The van der Waals surface area contributed by atoms with Crippen molar-refractivity contribution in [1.29, 1.82) is 0 Å². The molecule has 0 fully saturated rings. The Balaban J connectivity index is 2.77. The number of carbonyl (C=O) groups excluding carboxylic acids is 1. The Kier molecular flexibility index (Phi) is 4.80. The van der Waals surface area contributed by atoms with Gasteiger partial charge in [-0.05, 0) is 25.8 Å². The van der Waals surface area contributed by atoms with E-state index in [9.17, 15) is 14.9 Å². The third-order valence-corrected chi connectivity index (χ3v) is 3.89. The van der Waals surface area contributed by atoms with E-state index >= 15 is 0 Å². The number of nitrogens with zero attached hydrogens (tertiary/aromatic N) is 1. The third kappa shape index (κ3) is 3.51. The average Bonchev–Trinajstić information content (AvgIpc) is 2.78. The number of thiophene rings is 1. The Labute approximate surface area is 109 Å². The Hall–Kier alpha value is -1.47. The molecule has 0 saturated heterocycles. The molecule has 7 heteroatoms. The van der Waals surface area contributed by atoms with Gasteiger partial charge in [0.1, 0.15) is 0 Å². The van der Waals surface area contributed by atoms with Crippen molar-refractivity contribution < 1.29 is 14.8 Å². The van der Waals surface area contributed by atoms with Crippen LogP contribution in [0.2, 0.25) is 0 Å². The minimum absolute atomic E-state index is 0.0186. The zero-order chi connectivity index (χ0) is 13.8. The highest BCUT2D eigenvalue weighted by Crippen LogP contribution is 2.25. The quantitative estimate of drug-likeness (QED) is 0.611. The Morgan fingerprint density at radius 3 is 2.72 bits per heavy atom. The maximum Gasteiger partial charge on any atom is 0.324 e. The lowest BCUT2D eigenvalue weighted by Crippen LogP contribution is -2.45. The van der Waals surface area contributed by atoms with Crippen LogP contribution in [0.1, 0.15) is 36.4 Å². The zero-order valence-electron chi connectivity index (χ0n) is 10.3. The summed E-state index contributed by atoms with van der Waals surface area (Å²) in [7, 11) is 0. The normalized spacial score (nSPS) is 13.9. The van der Waals surface area contributed by atoms with E-state index in [1.165, 1.54) is 12.1 Å². The zero-order valence-corrected chi connectivity index (χ0v) is 11.1. The first-order valence-corrected chi connectivity index (χ1v) is 6.41. The maximum atomic E-state index is 11.9. The van der Waals surface area contributed by atoms with Crippen molar-refractivity contribution in [3.8, 4) is 0 Å². The fourth-order valence-corrected chi connectivity index (χ4v) is 2.17. The molecule has 0 aliphatic rings. The van der Waals surface area contributed by atoms with Crippen molar-refractivity contribution in [2.24, 2.45) is 0 Å². The topological polar surface area (TPSA) is 92.5 Å². The van der Waals surface area contributed by atoms with Crippen molar-refractivity contribution in [3.63, 3.8) is 0 Å². The molecular weight excluding hydrogens is 256 g/mol. The molecule has 0 aromatic carbocycles. The number of rotatable bonds is 6. The van der Waals surface area contributed by atoms with Gasteiger partial charge in [-0.2, -0.15) is 0 Å². The monoisotopic (exact) mass is 272 g/mol. The Morgan fingerprint density at radius 2 is 2.28 bits per heavy atom.